The van der Waals surface area contributed by atoms with Gasteiger partial charge in [0.05, 0.1) is 17.6 Å². The molecule has 2 aromatic heterocycles. The zero-order valence-electron chi connectivity index (χ0n) is 15.4. The van der Waals surface area contributed by atoms with Crippen molar-refractivity contribution in [2.45, 2.75) is 37.5 Å². The van der Waals surface area contributed by atoms with Crippen LogP contribution >= 0.6 is 11.3 Å². The second-order valence-corrected chi connectivity index (χ2v) is 11.2. The monoisotopic (exact) mass is 392 g/mol. The van der Waals surface area contributed by atoms with E-state index in [2.05, 4.69) is 17.8 Å². The van der Waals surface area contributed by atoms with Gasteiger partial charge in [0.1, 0.15) is 16.5 Å². The van der Waals surface area contributed by atoms with Crippen LogP contribution in [0, 0.1) is 0 Å². The normalized spacial score (nSPS) is 22.3. The highest BCUT2D eigenvalue weighted by Crippen LogP contribution is 2.41. The molecule has 2 aromatic rings. The molecule has 4 rings (SSSR count). The number of hydrogen-bond acceptors (Lipinski definition) is 6. The fourth-order valence-electron chi connectivity index (χ4n) is 3.37. The molecule has 0 N–H and O–H groups in total. The minimum atomic E-state index is -2.03. The maximum atomic E-state index is 12.5. The predicted octanol–water partition coefficient (Wildman–Crippen LogP) is 1.69. The summed E-state index contributed by atoms with van der Waals surface area (Å²) in [7, 11) is 3.53. The third-order valence-electron chi connectivity index (χ3n) is 5.12. The Morgan fingerprint density at radius 2 is 2.04 bits per heavy atom. The van der Waals surface area contributed by atoms with Crippen molar-refractivity contribution in [3.63, 3.8) is 0 Å². The van der Waals surface area contributed by atoms with Crippen LogP contribution in [-0.4, -0.2) is 63.8 Å². The van der Waals surface area contributed by atoms with Gasteiger partial charge in [-0.25, -0.2) is 9.97 Å². The highest BCUT2D eigenvalue weighted by molar-refractivity contribution is 7.99. The molecular formula is C18H24N4O2S2. The van der Waals surface area contributed by atoms with Crippen LogP contribution in [-0.2, 0) is 32.9 Å². The number of likely N-dealkylation sites (N-methyl/N-ethyl adjacent to an activating group) is 1. The molecule has 2 aliphatic rings. The molecule has 8 heteroatoms. The first-order valence-electron chi connectivity index (χ1n) is 8.82. The molecule has 140 valence electrons. The zero-order valence-corrected chi connectivity index (χ0v) is 17.1. The van der Waals surface area contributed by atoms with Gasteiger partial charge < -0.3 is 9.80 Å². The van der Waals surface area contributed by atoms with E-state index in [4.69, 9.17) is 9.97 Å². The molecular weight excluding hydrogens is 368 g/mol. The Morgan fingerprint density at radius 1 is 1.31 bits per heavy atom. The van der Waals surface area contributed by atoms with Crippen molar-refractivity contribution in [1.82, 2.24) is 14.9 Å². The van der Waals surface area contributed by atoms with Crippen molar-refractivity contribution in [1.29, 1.82) is 0 Å². The SMILES string of the molecule is C=S1(=O)CCc2c(sc3nc(CC(=O)N(C)C)nc(N(C)C4CC4)c23)C1. The summed E-state index contributed by atoms with van der Waals surface area (Å²) in [5.41, 5.74) is 1.24. The number of nitrogens with zero attached hydrogens (tertiary/aromatic N) is 4. The lowest BCUT2D eigenvalue weighted by Crippen LogP contribution is -2.26. The predicted molar refractivity (Wildman–Crippen MR) is 109 cm³/mol. The Bertz CT molecular complexity index is 990. The van der Waals surface area contributed by atoms with Gasteiger partial charge >= 0.3 is 0 Å². The number of hydrogen-bond donors (Lipinski definition) is 0. The van der Waals surface area contributed by atoms with Crippen molar-refractivity contribution in [2.24, 2.45) is 0 Å². The van der Waals surface area contributed by atoms with Gasteiger partial charge in [-0.15, -0.1) is 11.3 Å². The number of carbonyl (C=O) groups excluding carboxylic acids is 1. The minimum absolute atomic E-state index is 0.00790. The Morgan fingerprint density at radius 3 is 2.69 bits per heavy atom. The summed E-state index contributed by atoms with van der Waals surface area (Å²) >= 11 is 1.59. The van der Waals surface area contributed by atoms with Gasteiger partial charge in [0.2, 0.25) is 5.91 Å². The minimum Gasteiger partial charge on any atom is -0.356 e. The van der Waals surface area contributed by atoms with Crippen LogP contribution in [0.15, 0.2) is 0 Å². The van der Waals surface area contributed by atoms with Crippen LogP contribution in [0.5, 0.6) is 0 Å². The molecule has 3 heterocycles. The maximum absolute atomic E-state index is 12.5. The lowest BCUT2D eigenvalue weighted by Gasteiger charge is -2.21. The van der Waals surface area contributed by atoms with Crippen LogP contribution in [0.25, 0.3) is 10.2 Å². The van der Waals surface area contributed by atoms with Gasteiger partial charge in [-0.2, -0.15) is 0 Å². The summed E-state index contributed by atoms with van der Waals surface area (Å²) in [4.78, 5) is 27.5. The van der Waals surface area contributed by atoms with E-state index in [1.54, 1.807) is 30.3 Å². The van der Waals surface area contributed by atoms with Crippen molar-refractivity contribution >= 4 is 48.7 Å². The molecule has 1 fully saturated rings. The Hall–Kier alpha value is -1.67. The smallest absolute Gasteiger partial charge is 0.229 e. The lowest BCUT2D eigenvalue weighted by atomic mass is 10.1. The number of anilines is 1. The van der Waals surface area contributed by atoms with E-state index >= 15 is 0 Å². The lowest BCUT2D eigenvalue weighted by molar-refractivity contribution is -0.128. The van der Waals surface area contributed by atoms with Gasteiger partial charge in [-0.1, -0.05) is 0 Å². The van der Waals surface area contributed by atoms with Crippen molar-refractivity contribution in [3.8, 4) is 0 Å². The molecule has 0 aromatic carbocycles. The molecule has 1 aliphatic carbocycles. The number of thiophene rings is 1. The third kappa shape index (κ3) is 3.20. The Balaban J connectivity index is 1.86. The molecule has 1 aliphatic heterocycles. The summed E-state index contributed by atoms with van der Waals surface area (Å²) < 4.78 is 12.5. The highest BCUT2D eigenvalue weighted by atomic mass is 32.2. The largest absolute Gasteiger partial charge is 0.356 e. The Kier molecular flexibility index (Phi) is 4.23. The third-order valence-corrected chi connectivity index (χ3v) is 8.19. The number of carbonyl (C=O) groups is 1. The first-order chi connectivity index (χ1) is 12.2. The van der Waals surface area contributed by atoms with E-state index in [0.717, 1.165) is 27.3 Å². The van der Waals surface area contributed by atoms with E-state index in [0.29, 0.717) is 23.4 Å². The number of aromatic nitrogens is 2. The second kappa shape index (κ2) is 6.20. The summed E-state index contributed by atoms with van der Waals surface area (Å²) in [6.07, 6.45) is 3.31. The van der Waals surface area contributed by atoms with Crippen molar-refractivity contribution < 1.29 is 9.00 Å². The summed E-state index contributed by atoms with van der Waals surface area (Å²) in [5.74, 6) is 6.54. The highest BCUT2D eigenvalue weighted by Gasteiger charge is 2.32. The van der Waals surface area contributed by atoms with Gasteiger partial charge in [0.15, 0.2) is 0 Å². The van der Waals surface area contributed by atoms with Crippen molar-refractivity contribution in [3.05, 3.63) is 16.3 Å². The molecule has 1 unspecified atom stereocenters. The maximum Gasteiger partial charge on any atom is 0.229 e. The van der Waals surface area contributed by atoms with Crippen LogP contribution in [0.1, 0.15) is 29.1 Å². The number of amides is 1. The number of aryl methyl sites for hydroxylation is 1. The average molecular weight is 393 g/mol. The van der Waals surface area contributed by atoms with Crippen LogP contribution in [0.2, 0.25) is 0 Å². The number of fused-ring (bicyclic) bond motifs is 3. The topological polar surface area (TPSA) is 66.4 Å². The molecule has 0 saturated heterocycles. The van der Waals surface area contributed by atoms with Crippen LogP contribution in [0.3, 0.4) is 0 Å². The van der Waals surface area contributed by atoms with Gasteiger partial charge in [0, 0.05) is 37.8 Å². The molecule has 1 amide bonds. The van der Waals surface area contributed by atoms with Gasteiger partial charge in [-0.05, 0) is 40.2 Å². The summed E-state index contributed by atoms with van der Waals surface area (Å²) in [6.45, 7) is 0. The van der Waals surface area contributed by atoms with E-state index in [1.807, 2.05) is 0 Å². The molecule has 1 atom stereocenters. The first kappa shape index (κ1) is 17.7. The zero-order chi connectivity index (χ0) is 18.6. The first-order valence-corrected chi connectivity index (χ1v) is 11.7. The molecule has 0 bridgehead atoms. The van der Waals surface area contributed by atoms with E-state index < -0.39 is 9.52 Å². The quantitative estimate of drug-likeness (QED) is 0.741. The molecule has 0 spiro atoms. The number of rotatable bonds is 4. The average Bonchev–Trinajstić information content (AvgIpc) is 3.34. The molecule has 1 saturated carbocycles. The summed E-state index contributed by atoms with van der Waals surface area (Å²) in [5, 5.41) is 1.09. The fourth-order valence-corrected chi connectivity index (χ4v) is 6.65. The Labute approximate surface area is 158 Å². The van der Waals surface area contributed by atoms with Crippen molar-refractivity contribution in [2.75, 3.05) is 31.8 Å². The van der Waals surface area contributed by atoms with Gasteiger partial charge in [-0.3, -0.25) is 9.00 Å². The van der Waals surface area contributed by atoms with Crippen LogP contribution < -0.4 is 4.90 Å². The molecule has 6 nitrogen and oxygen atoms in total. The fraction of sp³-hybridized carbons (Fsp3) is 0.556. The standard InChI is InChI=1S/C18H24N4O2S2/c1-21(2)15(23)9-14-19-17(22(3)11-5-6-11)16-12-7-8-26(4,24)10-13(12)25-18(16)20-14/h11H,4-10H2,1-3H3. The van der Waals surface area contributed by atoms with Gasteiger partial charge in [0.25, 0.3) is 0 Å². The van der Waals surface area contributed by atoms with E-state index in [9.17, 15) is 9.00 Å². The van der Waals surface area contributed by atoms with E-state index in [1.165, 1.54) is 18.4 Å². The second-order valence-electron chi connectivity index (χ2n) is 7.52. The molecule has 0 radical (unpaired) electrons. The summed E-state index contributed by atoms with van der Waals surface area (Å²) in [6, 6.07) is 0.515. The van der Waals surface area contributed by atoms with Crippen LogP contribution in [0.4, 0.5) is 5.82 Å². The molecule has 26 heavy (non-hydrogen) atoms. The van der Waals surface area contributed by atoms with E-state index in [-0.39, 0.29) is 12.3 Å².